The first-order chi connectivity index (χ1) is 30.6. The van der Waals surface area contributed by atoms with Crippen molar-refractivity contribution in [1.82, 2.24) is 4.98 Å². The van der Waals surface area contributed by atoms with Crippen LogP contribution in [0.3, 0.4) is 0 Å². The standard InChI is InChI=1S/C55H70N4O5/c1-13-39-35(8)42-28-44-37(10)41(24-25-48(60)64-27-26-34(7)23-17-22-33(6)21-16-20-32(5)19-15-18-31(3)4)52(58-44)50-51(55(62)63-12)54(61)49-38(11)45(59-53(49)50)30-47-40(14-2)36(9)43(57-47)29-46(39)56-42/h13,24-26,28-33,51,56,61H,1,14-23,27H2,2-12H3/b25-24+,34-26+,42-28?,46-29?,47-30?,52-50?/t32?,33?,51-/m1/s1/i15+1,16+1,17+1,18+1,20+1,22+1,26+1,27+1. The van der Waals surface area contributed by atoms with Gasteiger partial charge in [-0.25, -0.2) is 19.8 Å². The zero-order chi connectivity index (χ0) is 46.4. The van der Waals surface area contributed by atoms with Gasteiger partial charge in [0.15, 0.2) is 0 Å². The predicted octanol–water partition coefficient (Wildman–Crippen LogP) is 11.5. The van der Waals surface area contributed by atoms with Crippen molar-refractivity contribution >= 4 is 47.3 Å². The van der Waals surface area contributed by atoms with Crippen LogP contribution in [0.1, 0.15) is 138 Å². The summed E-state index contributed by atoms with van der Waals surface area (Å²) in [5.41, 5.74) is 12.1. The molecule has 2 unspecified atom stereocenters. The highest BCUT2D eigenvalue weighted by Gasteiger charge is 2.47. The Labute approximate surface area is 381 Å². The van der Waals surface area contributed by atoms with Gasteiger partial charge in [0.25, 0.3) is 0 Å². The molecule has 64 heavy (non-hydrogen) atoms. The first-order valence-electron chi connectivity index (χ1n) is 23.5. The average molecular weight is 875 g/mol. The average Bonchev–Trinajstić information content (AvgIpc) is 3.99. The van der Waals surface area contributed by atoms with E-state index < -0.39 is 17.9 Å². The molecule has 4 aliphatic heterocycles. The van der Waals surface area contributed by atoms with Gasteiger partial charge in [0.2, 0.25) is 0 Å². The third-order valence-corrected chi connectivity index (χ3v) is 13.6. The molecule has 5 heterocycles. The Balaban J connectivity index is 1.25. The van der Waals surface area contributed by atoms with E-state index in [1.54, 1.807) is 6.08 Å². The molecule has 1 aliphatic carbocycles. The maximum atomic E-state index is 13.6. The second-order valence-electron chi connectivity index (χ2n) is 18.8. The molecule has 0 aromatic carbocycles. The Morgan fingerprint density at radius 2 is 1.53 bits per heavy atom. The third-order valence-electron chi connectivity index (χ3n) is 13.6. The monoisotopic (exact) mass is 875 g/mol. The highest BCUT2D eigenvalue weighted by Crippen LogP contribution is 2.47. The number of rotatable bonds is 19. The van der Waals surface area contributed by atoms with Gasteiger partial charge < -0.3 is 19.6 Å². The fourth-order valence-electron chi connectivity index (χ4n) is 9.54. The number of aliphatic imine (C=N–C) groups is 3. The number of aliphatic hydroxyl groups excluding tert-OH is 1. The number of aromatic nitrogens is 1. The zero-order valence-electron chi connectivity index (χ0n) is 40.3. The van der Waals surface area contributed by atoms with E-state index in [0.717, 1.165) is 81.1 Å². The highest BCUT2D eigenvalue weighted by molar-refractivity contribution is 6.28. The van der Waals surface area contributed by atoms with Crippen LogP contribution in [0, 0.1) is 30.6 Å². The first-order valence-corrected chi connectivity index (χ1v) is 23.5. The van der Waals surface area contributed by atoms with E-state index in [2.05, 4.69) is 66.1 Å². The van der Waals surface area contributed by atoms with Gasteiger partial charge in [-0.2, -0.15) is 0 Å². The molecule has 0 saturated heterocycles. The second-order valence-corrected chi connectivity index (χ2v) is 18.8. The van der Waals surface area contributed by atoms with Crippen LogP contribution in [0.2, 0.25) is 0 Å². The number of aliphatic hydroxyl groups is 1. The van der Waals surface area contributed by atoms with E-state index >= 15 is 0 Å². The molecule has 5 aliphatic rings. The lowest BCUT2D eigenvalue weighted by Crippen LogP contribution is -2.20. The highest BCUT2D eigenvalue weighted by atomic mass is 16.6. The minimum atomic E-state index is -1.17. The lowest BCUT2D eigenvalue weighted by molar-refractivity contribution is -0.143. The Hall–Kier alpha value is -5.57. The van der Waals surface area contributed by atoms with Crippen molar-refractivity contribution in [2.45, 2.75) is 133 Å². The summed E-state index contributed by atoms with van der Waals surface area (Å²) in [6.07, 6.45) is 24.9. The van der Waals surface area contributed by atoms with Crippen molar-refractivity contribution in [2.75, 3.05) is 13.7 Å². The van der Waals surface area contributed by atoms with Crippen molar-refractivity contribution in [1.29, 1.82) is 0 Å². The Kier molecular flexibility index (Phi) is 15.7. The van der Waals surface area contributed by atoms with Gasteiger partial charge in [-0.05, 0) is 130 Å². The van der Waals surface area contributed by atoms with E-state index in [1.807, 2.05) is 45.1 Å². The second kappa shape index (κ2) is 21.0. The molecule has 1 aromatic heterocycles. The zero-order valence-corrected chi connectivity index (χ0v) is 40.3. The predicted molar refractivity (Wildman–Crippen MR) is 263 cm³/mol. The van der Waals surface area contributed by atoms with Crippen LogP contribution in [0.4, 0.5) is 0 Å². The van der Waals surface area contributed by atoms with Crippen LogP contribution in [0.25, 0.3) is 18.2 Å². The largest absolute Gasteiger partial charge is 0.510 e. The number of carbonyl (C=O) groups is 2. The number of H-pyrrole nitrogens is 1. The topological polar surface area (TPSA) is 126 Å². The molecule has 8 bridgehead atoms. The van der Waals surface area contributed by atoms with E-state index in [0.29, 0.717) is 51.0 Å². The number of nitrogens with zero attached hydrogens (tertiary/aromatic N) is 3. The molecule has 0 spiro atoms. The molecule has 2 N–H and O–H groups in total. The lowest BCUT2D eigenvalue weighted by atomic mass is 9.93. The summed E-state index contributed by atoms with van der Waals surface area (Å²) in [4.78, 5) is 45.8. The molecule has 9 heteroatoms. The Morgan fingerprint density at radius 1 is 0.875 bits per heavy atom. The summed E-state index contributed by atoms with van der Waals surface area (Å²) in [7, 11) is 1.30. The van der Waals surface area contributed by atoms with Crippen LogP contribution in [0.5, 0.6) is 0 Å². The quantitative estimate of drug-likeness (QED) is 0.0620. The van der Waals surface area contributed by atoms with Gasteiger partial charge in [-0.1, -0.05) is 97.8 Å². The van der Waals surface area contributed by atoms with Crippen molar-refractivity contribution in [3.63, 3.8) is 0 Å². The Morgan fingerprint density at radius 3 is 2.19 bits per heavy atom. The van der Waals surface area contributed by atoms with Gasteiger partial charge >= 0.3 is 11.9 Å². The number of hydrogen-bond acceptors (Lipinski definition) is 8. The number of hydrogen-bond donors (Lipinski definition) is 2. The molecule has 3 atom stereocenters. The van der Waals surface area contributed by atoms with Crippen molar-refractivity contribution in [3.8, 4) is 0 Å². The Bertz CT molecular complexity index is 2570. The fourth-order valence-corrected chi connectivity index (χ4v) is 9.54. The van der Waals surface area contributed by atoms with Crippen LogP contribution in [0.15, 0.2) is 113 Å². The summed E-state index contributed by atoms with van der Waals surface area (Å²) in [6.45, 7) is 25.8. The maximum absolute atomic E-state index is 13.6. The minimum Gasteiger partial charge on any atom is -0.510 e. The molecule has 0 radical (unpaired) electrons. The normalized spacial score (nSPS) is 19.4. The molecule has 0 fully saturated rings. The number of allylic oxidation sites excluding steroid dienone is 8. The van der Waals surface area contributed by atoms with Crippen LogP contribution in [-0.4, -0.2) is 52.9 Å². The van der Waals surface area contributed by atoms with Crippen LogP contribution in [-0.2, 0) is 19.1 Å². The molecule has 0 saturated carbocycles. The first kappa shape index (κ1) is 47.9. The third kappa shape index (κ3) is 10.3. The number of fused-ring (bicyclic) bond motifs is 5. The SMILES string of the molecule is C=Cc1c(C)c2[nH]c1=CC1=NC(=CC3=C(C)C4=C(O)[C@H](C(=O)OC)C(=C5N=C(C=2)C(C)=C5/C=C/C(=O)O[13CH2]/[13CH]=C(\C)C[13CH2][13CH2]C(C)C[13CH2][13CH2]C(C)C[13CH2][13CH2]C(C)C)C4=N3)C(CC)=C1C. The summed E-state index contributed by atoms with van der Waals surface area (Å²) in [6, 6.07) is 0. The van der Waals surface area contributed by atoms with Gasteiger partial charge in [-0.15, -0.1) is 0 Å². The summed E-state index contributed by atoms with van der Waals surface area (Å²) in [5, 5.41) is 13.6. The summed E-state index contributed by atoms with van der Waals surface area (Å²) >= 11 is 0. The van der Waals surface area contributed by atoms with E-state index in [1.165, 1.54) is 63.7 Å². The number of ether oxygens (including phenoxy) is 2. The van der Waals surface area contributed by atoms with Gasteiger partial charge in [-0.3, -0.25) is 4.79 Å². The van der Waals surface area contributed by atoms with Crippen LogP contribution < -0.4 is 10.7 Å². The van der Waals surface area contributed by atoms with E-state index in [-0.39, 0.29) is 12.4 Å². The van der Waals surface area contributed by atoms with Gasteiger partial charge in [0, 0.05) is 39.1 Å². The fraction of sp³-hybridized carbons (Fsp3) is 0.473. The number of aromatic amines is 1. The van der Waals surface area contributed by atoms with Crippen molar-refractivity contribution in [2.24, 2.45) is 38.6 Å². The number of esters is 2. The molecule has 1 aromatic rings. The van der Waals surface area contributed by atoms with E-state index in [9.17, 15) is 14.7 Å². The molecule has 340 valence electrons. The molecular formula is C55H70N4O5. The maximum Gasteiger partial charge on any atom is 0.331 e. The molecular weight excluding hydrogens is 805 g/mol. The van der Waals surface area contributed by atoms with Crippen LogP contribution >= 0.6 is 0 Å². The minimum absolute atomic E-state index is 0.144. The smallest absolute Gasteiger partial charge is 0.331 e. The molecule has 6 rings (SSSR count). The summed E-state index contributed by atoms with van der Waals surface area (Å²) < 4.78 is 11.0. The number of carbonyl (C=O) groups excluding carboxylic acids is 2. The molecule has 0 amide bonds. The summed E-state index contributed by atoms with van der Waals surface area (Å²) in [5.74, 6) is -0.137. The van der Waals surface area contributed by atoms with E-state index in [4.69, 9.17) is 24.5 Å². The van der Waals surface area contributed by atoms with Crippen molar-refractivity contribution < 1.29 is 24.2 Å². The number of nitrogens with one attached hydrogen (secondary N) is 1. The van der Waals surface area contributed by atoms with Gasteiger partial charge in [0.05, 0.1) is 41.3 Å². The number of methoxy groups -OCH3 is 1. The lowest BCUT2D eigenvalue weighted by Gasteiger charge is -2.15. The molecule has 9 nitrogen and oxygen atoms in total. The van der Waals surface area contributed by atoms with Crippen molar-refractivity contribution in [3.05, 3.63) is 120 Å². The van der Waals surface area contributed by atoms with Gasteiger partial charge in [0.1, 0.15) is 18.3 Å².